The second kappa shape index (κ2) is 7.11. The predicted molar refractivity (Wildman–Crippen MR) is 90.1 cm³/mol. The third-order valence-corrected chi connectivity index (χ3v) is 4.78. The van der Waals surface area contributed by atoms with Gasteiger partial charge in [0, 0.05) is 24.5 Å². The van der Waals surface area contributed by atoms with Crippen molar-refractivity contribution >= 4 is 29.3 Å². The summed E-state index contributed by atoms with van der Waals surface area (Å²) in [6.07, 6.45) is -0.0917. The van der Waals surface area contributed by atoms with Crippen molar-refractivity contribution in [2.45, 2.75) is 31.9 Å². The number of fused-ring (bicyclic) bond motifs is 1. The fraction of sp³-hybridized carbons (Fsp3) is 0.471. The Hall–Kier alpha value is -1.96. The number of benzene rings is 1. The number of imide groups is 1. The summed E-state index contributed by atoms with van der Waals surface area (Å²) < 4.78 is 0. The maximum Gasteiger partial charge on any atom is 0.261 e. The van der Waals surface area contributed by atoms with Gasteiger partial charge in [0.1, 0.15) is 0 Å². The maximum atomic E-state index is 12.8. The number of nitrogens with zero attached hydrogens (tertiary/aromatic N) is 2. The molecule has 0 bridgehead atoms. The van der Waals surface area contributed by atoms with E-state index in [2.05, 4.69) is 0 Å². The van der Waals surface area contributed by atoms with E-state index in [1.807, 2.05) is 6.92 Å². The van der Waals surface area contributed by atoms with Gasteiger partial charge in [-0.1, -0.05) is 30.7 Å². The summed E-state index contributed by atoms with van der Waals surface area (Å²) in [5, 5.41) is 2.10. The lowest BCUT2D eigenvalue weighted by atomic mass is 9.91. The molecule has 2 heterocycles. The molecule has 3 atom stereocenters. The maximum absolute atomic E-state index is 12.8. The molecular formula is C17H20ClN3O4. The van der Waals surface area contributed by atoms with Crippen molar-refractivity contribution in [3.8, 4) is 0 Å². The Morgan fingerprint density at radius 3 is 2.48 bits per heavy atom. The number of hydroxylamine groups is 2. The highest BCUT2D eigenvalue weighted by atomic mass is 35.5. The van der Waals surface area contributed by atoms with E-state index in [4.69, 9.17) is 22.2 Å². The molecule has 8 heteroatoms. The minimum absolute atomic E-state index is 0.0740. The van der Waals surface area contributed by atoms with E-state index in [1.54, 1.807) is 24.3 Å². The number of nitrogens with two attached hydrogens (primary N) is 1. The Bertz CT molecular complexity index is 694. The molecule has 3 unspecified atom stereocenters. The average Bonchev–Trinajstić information content (AvgIpc) is 3.06. The first kappa shape index (κ1) is 17.8. The van der Waals surface area contributed by atoms with Crippen molar-refractivity contribution in [2.24, 2.45) is 11.7 Å². The second-order valence-corrected chi connectivity index (χ2v) is 6.67. The van der Waals surface area contributed by atoms with Crippen LogP contribution in [0.2, 0.25) is 5.02 Å². The van der Waals surface area contributed by atoms with E-state index >= 15 is 0 Å². The topological polar surface area (TPSA) is 92.9 Å². The van der Waals surface area contributed by atoms with Gasteiger partial charge in [0.15, 0.2) is 6.10 Å². The number of rotatable bonds is 6. The molecule has 2 N–H and O–H groups in total. The van der Waals surface area contributed by atoms with Crippen molar-refractivity contribution in [1.29, 1.82) is 0 Å². The van der Waals surface area contributed by atoms with Gasteiger partial charge in [-0.2, -0.15) is 5.06 Å². The van der Waals surface area contributed by atoms with Crippen LogP contribution in [0.1, 0.15) is 31.4 Å². The largest absolute Gasteiger partial charge is 0.370 e. The lowest BCUT2D eigenvalue weighted by Crippen LogP contribution is -2.38. The van der Waals surface area contributed by atoms with Crippen molar-refractivity contribution in [2.75, 3.05) is 13.1 Å². The van der Waals surface area contributed by atoms with E-state index in [1.165, 1.54) is 9.96 Å². The Balaban J connectivity index is 1.93. The molecule has 0 aliphatic carbocycles. The number of halogens is 1. The van der Waals surface area contributed by atoms with E-state index in [9.17, 15) is 14.4 Å². The van der Waals surface area contributed by atoms with Crippen molar-refractivity contribution in [3.63, 3.8) is 0 Å². The second-order valence-electron chi connectivity index (χ2n) is 6.23. The fourth-order valence-electron chi connectivity index (χ4n) is 3.42. The van der Waals surface area contributed by atoms with Gasteiger partial charge in [-0.25, -0.2) is 0 Å². The lowest BCUT2D eigenvalue weighted by Gasteiger charge is -2.26. The third-order valence-electron chi connectivity index (χ3n) is 4.52. The quantitative estimate of drug-likeness (QED) is 0.766. The van der Waals surface area contributed by atoms with Crippen LogP contribution in [0.4, 0.5) is 0 Å². The Morgan fingerprint density at radius 2 is 1.88 bits per heavy atom. The first-order valence-corrected chi connectivity index (χ1v) is 8.64. The van der Waals surface area contributed by atoms with Crippen LogP contribution in [0.15, 0.2) is 24.3 Å². The molecule has 3 rings (SSSR count). The van der Waals surface area contributed by atoms with Gasteiger partial charge < -0.3 is 5.73 Å². The highest BCUT2D eigenvalue weighted by molar-refractivity contribution is 6.30. The monoisotopic (exact) mass is 365 g/mol. The summed E-state index contributed by atoms with van der Waals surface area (Å²) in [5.41, 5.74) is 6.03. The van der Waals surface area contributed by atoms with Crippen molar-refractivity contribution in [1.82, 2.24) is 9.96 Å². The van der Waals surface area contributed by atoms with Gasteiger partial charge in [-0.05, 0) is 24.1 Å². The van der Waals surface area contributed by atoms with Crippen LogP contribution in [0.3, 0.4) is 0 Å². The molecule has 0 aromatic heterocycles. The molecule has 2 aliphatic heterocycles. The smallest absolute Gasteiger partial charge is 0.261 e. The summed E-state index contributed by atoms with van der Waals surface area (Å²) in [6.45, 7) is 2.50. The Kier molecular flexibility index (Phi) is 5.08. The summed E-state index contributed by atoms with van der Waals surface area (Å²) in [6, 6.07) is 6.59. The normalized spacial score (nSPS) is 26.3. The molecule has 2 saturated heterocycles. The highest BCUT2D eigenvalue weighted by Gasteiger charge is 2.59. The van der Waals surface area contributed by atoms with Crippen LogP contribution in [0.25, 0.3) is 0 Å². The molecule has 0 radical (unpaired) electrons. The molecule has 3 amide bonds. The van der Waals surface area contributed by atoms with Crippen LogP contribution in [0.5, 0.6) is 0 Å². The zero-order chi connectivity index (χ0) is 18.1. The minimum Gasteiger partial charge on any atom is -0.370 e. The molecule has 2 aliphatic rings. The van der Waals surface area contributed by atoms with E-state index in [0.717, 1.165) is 5.56 Å². The van der Waals surface area contributed by atoms with Crippen molar-refractivity contribution in [3.05, 3.63) is 34.9 Å². The van der Waals surface area contributed by atoms with Crippen LogP contribution < -0.4 is 5.73 Å². The zero-order valence-electron chi connectivity index (χ0n) is 13.9. The molecule has 1 aromatic rings. The number of likely N-dealkylation sites (tertiary alicyclic amines) is 1. The van der Waals surface area contributed by atoms with Gasteiger partial charge in [0.2, 0.25) is 11.8 Å². The first-order valence-electron chi connectivity index (χ1n) is 8.26. The zero-order valence-corrected chi connectivity index (χ0v) is 14.6. The molecule has 0 spiro atoms. The highest BCUT2D eigenvalue weighted by Crippen LogP contribution is 2.44. The molecule has 7 nitrogen and oxygen atoms in total. The predicted octanol–water partition coefficient (Wildman–Crippen LogP) is 1.27. The van der Waals surface area contributed by atoms with Crippen LogP contribution in [-0.4, -0.2) is 46.9 Å². The molecule has 2 fully saturated rings. The van der Waals surface area contributed by atoms with E-state index in [0.29, 0.717) is 18.0 Å². The summed E-state index contributed by atoms with van der Waals surface area (Å²) in [7, 11) is 0. The number of primary amides is 1. The molecule has 1 aromatic carbocycles. The van der Waals surface area contributed by atoms with Gasteiger partial charge >= 0.3 is 0 Å². The summed E-state index contributed by atoms with van der Waals surface area (Å²) in [4.78, 5) is 43.5. The van der Waals surface area contributed by atoms with Crippen LogP contribution >= 0.6 is 11.6 Å². The standard InChI is InChI=1S/C17H20ClN3O4/c1-2-8-20-16(23)13-14(10-3-5-11(18)6-4-10)21(9-7-12(19)22)25-15(13)17(20)24/h3-6,13-15H,2,7-9H2,1H3,(H2,19,22). The van der Waals surface area contributed by atoms with Gasteiger partial charge in [-0.15, -0.1) is 0 Å². The molecular weight excluding hydrogens is 346 g/mol. The first-order chi connectivity index (χ1) is 11.9. The third kappa shape index (κ3) is 3.27. The number of carbonyl (C=O) groups excluding carboxylic acids is 3. The van der Waals surface area contributed by atoms with Crippen LogP contribution in [-0.2, 0) is 19.2 Å². The summed E-state index contributed by atoms with van der Waals surface area (Å²) >= 11 is 5.95. The number of hydrogen-bond acceptors (Lipinski definition) is 5. The average molecular weight is 366 g/mol. The molecule has 134 valence electrons. The Morgan fingerprint density at radius 1 is 1.20 bits per heavy atom. The van der Waals surface area contributed by atoms with Gasteiger partial charge in [0.05, 0.1) is 12.0 Å². The van der Waals surface area contributed by atoms with Gasteiger partial charge in [-0.3, -0.25) is 24.1 Å². The molecule has 25 heavy (non-hydrogen) atoms. The lowest BCUT2D eigenvalue weighted by molar-refractivity contribution is -0.180. The van der Waals surface area contributed by atoms with Crippen LogP contribution in [0, 0.1) is 5.92 Å². The minimum atomic E-state index is -0.854. The van der Waals surface area contributed by atoms with E-state index < -0.39 is 24.0 Å². The Labute approximate surface area is 150 Å². The van der Waals surface area contributed by atoms with Crippen molar-refractivity contribution < 1.29 is 19.2 Å². The van der Waals surface area contributed by atoms with Gasteiger partial charge in [0.25, 0.3) is 5.91 Å². The van der Waals surface area contributed by atoms with E-state index in [-0.39, 0.29) is 24.8 Å². The summed E-state index contributed by atoms with van der Waals surface area (Å²) in [5.74, 6) is -1.66. The molecule has 0 saturated carbocycles. The number of amides is 3. The number of hydrogen-bond donors (Lipinski definition) is 1. The number of carbonyl (C=O) groups is 3. The fourth-order valence-corrected chi connectivity index (χ4v) is 3.54. The SMILES string of the molecule is CCCN1C(=O)C2ON(CCC(N)=O)C(c3ccc(Cl)cc3)C2C1=O.